The van der Waals surface area contributed by atoms with Crippen LogP contribution in [0.1, 0.15) is 65.3 Å². The third-order valence-electron chi connectivity index (χ3n) is 2.72. The van der Waals surface area contributed by atoms with Crippen LogP contribution in [0, 0.1) is 5.92 Å². The summed E-state index contributed by atoms with van der Waals surface area (Å²) >= 11 is 1.50. The van der Waals surface area contributed by atoms with Crippen molar-refractivity contribution in [3.05, 3.63) is 16.1 Å². The number of thiazole rings is 1. The number of aliphatic hydroxyl groups excluding tert-OH is 1. The molecule has 1 heterocycles. The fraction of sp³-hybridized carbons (Fsp3) is 0.733. The van der Waals surface area contributed by atoms with Gasteiger partial charge in [0.25, 0.3) is 0 Å². The minimum atomic E-state index is -0.933. The van der Waals surface area contributed by atoms with Gasteiger partial charge in [-0.2, -0.15) is 0 Å². The molecule has 0 fully saturated rings. The molecule has 1 rings (SSSR count). The maximum atomic E-state index is 12.0. The Bertz CT molecular complexity index is 468. The van der Waals surface area contributed by atoms with Crippen LogP contribution in [0.4, 0.5) is 0 Å². The Kier molecular flexibility index (Phi) is 4.98. The van der Waals surface area contributed by atoms with E-state index >= 15 is 0 Å². The molecule has 1 aromatic heterocycles. The number of aliphatic hydroxyl groups is 1. The SMILES string of the molecule is CC(C(=O)OC(C)(C)C)C(O)c1csc(C(C)(C)C)n1. The molecule has 20 heavy (non-hydrogen) atoms. The average molecular weight is 299 g/mol. The molecule has 0 aliphatic carbocycles. The van der Waals surface area contributed by atoms with Gasteiger partial charge in [0.15, 0.2) is 0 Å². The van der Waals surface area contributed by atoms with Gasteiger partial charge in [0.2, 0.25) is 0 Å². The van der Waals surface area contributed by atoms with E-state index in [2.05, 4.69) is 25.8 Å². The van der Waals surface area contributed by atoms with Crippen LogP contribution >= 0.6 is 11.3 Å². The minimum Gasteiger partial charge on any atom is -0.460 e. The zero-order chi connectivity index (χ0) is 15.7. The first kappa shape index (κ1) is 17.1. The first-order valence-electron chi connectivity index (χ1n) is 6.78. The van der Waals surface area contributed by atoms with Gasteiger partial charge in [-0.25, -0.2) is 4.98 Å². The van der Waals surface area contributed by atoms with Gasteiger partial charge in [-0.15, -0.1) is 11.3 Å². The number of carbonyl (C=O) groups excluding carboxylic acids is 1. The van der Waals surface area contributed by atoms with Crippen molar-refractivity contribution in [2.45, 2.75) is 65.6 Å². The second-order valence-corrected chi connectivity index (χ2v) is 7.95. The largest absolute Gasteiger partial charge is 0.460 e. The minimum absolute atomic E-state index is 0.0577. The van der Waals surface area contributed by atoms with Gasteiger partial charge in [-0.05, 0) is 27.7 Å². The van der Waals surface area contributed by atoms with Crippen LogP contribution in [0.3, 0.4) is 0 Å². The van der Waals surface area contributed by atoms with E-state index in [1.165, 1.54) is 11.3 Å². The Labute approximate surface area is 125 Å². The van der Waals surface area contributed by atoms with Gasteiger partial charge in [-0.1, -0.05) is 20.8 Å². The number of ether oxygens (including phenoxy) is 1. The quantitative estimate of drug-likeness (QED) is 0.868. The molecule has 1 N–H and O–H groups in total. The lowest BCUT2D eigenvalue weighted by Gasteiger charge is -2.24. The van der Waals surface area contributed by atoms with Crippen molar-refractivity contribution in [1.82, 2.24) is 4.98 Å². The molecule has 2 atom stereocenters. The molecule has 114 valence electrons. The number of aromatic nitrogens is 1. The summed E-state index contributed by atoms with van der Waals surface area (Å²) in [6.07, 6.45) is -0.933. The first-order valence-corrected chi connectivity index (χ1v) is 7.66. The Morgan fingerprint density at radius 3 is 2.25 bits per heavy atom. The van der Waals surface area contributed by atoms with E-state index in [-0.39, 0.29) is 5.41 Å². The maximum absolute atomic E-state index is 12.0. The summed E-state index contributed by atoms with van der Waals surface area (Å²) in [4.78, 5) is 16.4. The van der Waals surface area contributed by atoms with Crippen molar-refractivity contribution in [2.24, 2.45) is 5.92 Å². The monoisotopic (exact) mass is 299 g/mol. The lowest BCUT2D eigenvalue weighted by Crippen LogP contribution is -2.30. The van der Waals surface area contributed by atoms with Crippen LogP contribution in [-0.4, -0.2) is 21.7 Å². The molecule has 0 radical (unpaired) electrons. The number of hydrogen-bond donors (Lipinski definition) is 1. The highest BCUT2D eigenvalue weighted by Gasteiger charge is 2.30. The molecule has 0 bridgehead atoms. The molecule has 2 unspecified atom stereocenters. The summed E-state index contributed by atoms with van der Waals surface area (Å²) in [7, 11) is 0. The number of nitrogens with zero attached hydrogens (tertiary/aromatic N) is 1. The van der Waals surface area contributed by atoms with Gasteiger partial charge >= 0.3 is 5.97 Å². The van der Waals surface area contributed by atoms with E-state index in [0.29, 0.717) is 5.69 Å². The van der Waals surface area contributed by atoms with Crippen molar-refractivity contribution in [3.8, 4) is 0 Å². The van der Waals surface area contributed by atoms with Gasteiger partial charge < -0.3 is 9.84 Å². The predicted octanol–water partition coefficient (Wildman–Crippen LogP) is 3.45. The van der Waals surface area contributed by atoms with Crippen molar-refractivity contribution in [2.75, 3.05) is 0 Å². The van der Waals surface area contributed by atoms with E-state index in [0.717, 1.165) is 5.01 Å². The normalized spacial score (nSPS) is 15.8. The summed E-state index contributed by atoms with van der Waals surface area (Å²) in [5.41, 5.74) is -0.0695. The summed E-state index contributed by atoms with van der Waals surface area (Å²) in [5, 5.41) is 13.0. The Morgan fingerprint density at radius 1 is 1.30 bits per heavy atom. The van der Waals surface area contributed by atoms with E-state index in [4.69, 9.17) is 4.74 Å². The van der Waals surface area contributed by atoms with Gasteiger partial charge in [0, 0.05) is 10.8 Å². The van der Waals surface area contributed by atoms with Crippen molar-refractivity contribution in [3.63, 3.8) is 0 Å². The zero-order valence-electron chi connectivity index (χ0n) is 13.4. The fourth-order valence-electron chi connectivity index (χ4n) is 1.55. The summed E-state index contributed by atoms with van der Waals surface area (Å²) < 4.78 is 5.29. The number of esters is 1. The van der Waals surface area contributed by atoms with Gasteiger partial charge in [0.05, 0.1) is 16.6 Å². The second-order valence-electron chi connectivity index (χ2n) is 7.09. The molecule has 0 spiro atoms. The van der Waals surface area contributed by atoms with Crippen LogP contribution in [0.5, 0.6) is 0 Å². The molecule has 5 heteroatoms. The smallest absolute Gasteiger partial charge is 0.312 e. The highest BCUT2D eigenvalue weighted by molar-refractivity contribution is 7.09. The third-order valence-corrected chi connectivity index (χ3v) is 4.01. The molecule has 0 aliphatic rings. The molecule has 0 saturated carbocycles. The standard InChI is InChI=1S/C15H25NO3S/c1-9(12(18)19-15(5,6)7)11(17)10-8-20-13(16-10)14(2,3)4/h8-9,11,17H,1-7H3. The van der Waals surface area contributed by atoms with Crippen LogP contribution in [-0.2, 0) is 14.9 Å². The number of carbonyl (C=O) groups is 1. The van der Waals surface area contributed by atoms with Crippen LogP contribution < -0.4 is 0 Å². The van der Waals surface area contributed by atoms with E-state index < -0.39 is 23.6 Å². The molecule has 0 amide bonds. The van der Waals surface area contributed by atoms with Crippen LogP contribution in [0.25, 0.3) is 0 Å². The van der Waals surface area contributed by atoms with Crippen molar-refractivity contribution >= 4 is 17.3 Å². The molecular formula is C15H25NO3S. The highest BCUT2D eigenvalue weighted by Crippen LogP contribution is 2.30. The second kappa shape index (κ2) is 5.82. The summed E-state index contributed by atoms with van der Waals surface area (Å²) in [6, 6.07) is 0. The van der Waals surface area contributed by atoms with Crippen LogP contribution in [0.2, 0.25) is 0 Å². The van der Waals surface area contributed by atoms with Gasteiger partial charge in [-0.3, -0.25) is 4.79 Å². The maximum Gasteiger partial charge on any atom is 0.312 e. The van der Waals surface area contributed by atoms with E-state index in [1.54, 1.807) is 6.92 Å². The van der Waals surface area contributed by atoms with Crippen LogP contribution in [0.15, 0.2) is 5.38 Å². The molecule has 1 aromatic rings. The Morgan fingerprint density at radius 2 is 1.85 bits per heavy atom. The summed E-state index contributed by atoms with van der Waals surface area (Å²) in [6.45, 7) is 13.3. The molecule has 0 saturated heterocycles. The van der Waals surface area contributed by atoms with Crippen molar-refractivity contribution < 1.29 is 14.6 Å². The Hall–Kier alpha value is -0.940. The van der Waals surface area contributed by atoms with Crippen molar-refractivity contribution in [1.29, 1.82) is 0 Å². The fourth-order valence-corrected chi connectivity index (χ4v) is 2.48. The molecular weight excluding hydrogens is 274 g/mol. The predicted molar refractivity (Wildman–Crippen MR) is 80.8 cm³/mol. The molecule has 0 aliphatic heterocycles. The molecule has 0 aromatic carbocycles. The third kappa shape index (κ3) is 4.56. The lowest BCUT2D eigenvalue weighted by molar-refractivity contribution is -0.163. The van der Waals surface area contributed by atoms with E-state index in [1.807, 2.05) is 26.2 Å². The number of hydrogen-bond acceptors (Lipinski definition) is 5. The lowest BCUT2D eigenvalue weighted by atomic mass is 9.98. The summed E-state index contributed by atoms with van der Waals surface area (Å²) in [5.74, 6) is -1.04. The topological polar surface area (TPSA) is 59.4 Å². The Balaban J connectivity index is 2.82. The first-order chi connectivity index (χ1) is 8.92. The highest BCUT2D eigenvalue weighted by atomic mass is 32.1. The average Bonchev–Trinajstić information content (AvgIpc) is 2.73. The van der Waals surface area contributed by atoms with E-state index in [9.17, 15) is 9.90 Å². The zero-order valence-corrected chi connectivity index (χ0v) is 14.2. The molecule has 4 nitrogen and oxygen atoms in total. The number of rotatable bonds is 3. The van der Waals surface area contributed by atoms with Gasteiger partial charge in [0.1, 0.15) is 11.7 Å².